The van der Waals surface area contributed by atoms with Gasteiger partial charge in [0.2, 0.25) is 6.79 Å². The standard InChI is InChI=1S/C22H22N4O5/c23-12-16-3-1-2-4-17(16)25-22(28)21(27)24-13-18(26-7-9-29-10-8-26)15-5-6-19-20(11-15)31-14-30-19/h1-6,11,18H,7-10,13-14H2,(H,24,27)(H,25,28)/t18-/m0/s1. The second-order valence-corrected chi connectivity index (χ2v) is 7.10. The molecule has 2 heterocycles. The Hall–Kier alpha value is -3.61. The van der Waals surface area contributed by atoms with Crippen molar-refractivity contribution in [3.63, 3.8) is 0 Å². The van der Waals surface area contributed by atoms with Crippen LogP contribution in [0.4, 0.5) is 5.69 Å². The van der Waals surface area contributed by atoms with Crippen LogP contribution < -0.4 is 20.1 Å². The van der Waals surface area contributed by atoms with Crippen LogP contribution in [0.3, 0.4) is 0 Å². The summed E-state index contributed by atoms with van der Waals surface area (Å²) in [6.45, 7) is 3.02. The summed E-state index contributed by atoms with van der Waals surface area (Å²) in [6, 6.07) is 14.0. The fraction of sp³-hybridized carbons (Fsp3) is 0.318. The van der Waals surface area contributed by atoms with Crippen molar-refractivity contribution in [2.75, 3.05) is 45.0 Å². The number of fused-ring (bicyclic) bond motifs is 1. The van der Waals surface area contributed by atoms with Crippen molar-refractivity contribution in [3.05, 3.63) is 53.6 Å². The Morgan fingerprint density at radius 1 is 1.06 bits per heavy atom. The Morgan fingerprint density at radius 2 is 1.84 bits per heavy atom. The van der Waals surface area contributed by atoms with E-state index in [-0.39, 0.29) is 24.9 Å². The summed E-state index contributed by atoms with van der Waals surface area (Å²) < 4.78 is 16.3. The monoisotopic (exact) mass is 422 g/mol. The van der Waals surface area contributed by atoms with E-state index in [9.17, 15) is 9.59 Å². The van der Waals surface area contributed by atoms with Crippen LogP contribution in [0.15, 0.2) is 42.5 Å². The van der Waals surface area contributed by atoms with Gasteiger partial charge in [-0.1, -0.05) is 18.2 Å². The number of para-hydroxylation sites is 1. The molecule has 0 aromatic heterocycles. The van der Waals surface area contributed by atoms with Crippen LogP contribution in [0, 0.1) is 11.3 Å². The Morgan fingerprint density at radius 3 is 2.65 bits per heavy atom. The van der Waals surface area contributed by atoms with E-state index in [4.69, 9.17) is 19.5 Å². The molecule has 0 aliphatic carbocycles. The van der Waals surface area contributed by atoms with E-state index < -0.39 is 11.8 Å². The number of nitrogens with one attached hydrogen (secondary N) is 2. The molecule has 1 fully saturated rings. The molecule has 2 aromatic rings. The minimum atomic E-state index is -0.825. The molecule has 2 aromatic carbocycles. The molecule has 1 atom stereocenters. The Kier molecular flexibility index (Phi) is 6.31. The van der Waals surface area contributed by atoms with E-state index >= 15 is 0 Å². The third kappa shape index (κ3) is 4.77. The lowest BCUT2D eigenvalue weighted by molar-refractivity contribution is -0.136. The van der Waals surface area contributed by atoms with Gasteiger partial charge in [-0.05, 0) is 29.8 Å². The molecule has 9 heteroatoms. The summed E-state index contributed by atoms with van der Waals surface area (Å²) in [4.78, 5) is 27.0. The molecule has 2 aliphatic rings. The first-order valence-corrected chi connectivity index (χ1v) is 9.95. The van der Waals surface area contributed by atoms with Gasteiger partial charge in [0.15, 0.2) is 11.5 Å². The molecule has 1 saturated heterocycles. The number of carbonyl (C=O) groups is 2. The quantitative estimate of drug-likeness (QED) is 0.701. The summed E-state index contributed by atoms with van der Waals surface area (Å²) in [5.41, 5.74) is 1.53. The van der Waals surface area contributed by atoms with Crippen molar-refractivity contribution in [2.45, 2.75) is 6.04 Å². The fourth-order valence-electron chi connectivity index (χ4n) is 3.61. The molecule has 4 rings (SSSR count). The molecular formula is C22H22N4O5. The number of nitrogens with zero attached hydrogens (tertiary/aromatic N) is 2. The highest BCUT2D eigenvalue weighted by Crippen LogP contribution is 2.35. The van der Waals surface area contributed by atoms with Crippen molar-refractivity contribution in [1.82, 2.24) is 10.2 Å². The predicted octanol–water partition coefficient (Wildman–Crippen LogP) is 1.42. The van der Waals surface area contributed by atoms with Crippen molar-refractivity contribution in [2.24, 2.45) is 0 Å². The predicted molar refractivity (Wildman–Crippen MR) is 110 cm³/mol. The normalized spacial score (nSPS) is 16.2. The van der Waals surface area contributed by atoms with Gasteiger partial charge in [0.1, 0.15) is 6.07 Å². The maximum absolute atomic E-state index is 12.5. The number of rotatable bonds is 5. The maximum atomic E-state index is 12.5. The van der Waals surface area contributed by atoms with Crippen molar-refractivity contribution >= 4 is 17.5 Å². The molecule has 0 bridgehead atoms. The maximum Gasteiger partial charge on any atom is 0.313 e. The van der Waals surface area contributed by atoms with E-state index in [1.165, 1.54) is 0 Å². The van der Waals surface area contributed by atoms with E-state index in [0.717, 1.165) is 5.56 Å². The number of nitriles is 1. The van der Waals surface area contributed by atoms with Crippen LogP contribution >= 0.6 is 0 Å². The molecule has 2 amide bonds. The first-order valence-electron chi connectivity index (χ1n) is 9.95. The summed E-state index contributed by atoms with van der Waals surface area (Å²) in [5.74, 6) is -0.252. The zero-order valence-electron chi connectivity index (χ0n) is 16.8. The number of amides is 2. The second-order valence-electron chi connectivity index (χ2n) is 7.10. The average molecular weight is 422 g/mol. The van der Waals surface area contributed by atoms with Crippen LogP contribution in [0.5, 0.6) is 11.5 Å². The Balaban J connectivity index is 1.45. The highest BCUT2D eigenvalue weighted by Gasteiger charge is 2.26. The van der Waals surface area contributed by atoms with Gasteiger partial charge in [0, 0.05) is 19.6 Å². The number of hydrogen-bond acceptors (Lipinski definition) is 7. The van der Waals surface area contributed by atoms with Gasteiger partial charge >= 0.3 is 11.8 Å². The number of anilines is 1. The lowest BCUT2D eigenvalue weighted by Gasteiger charge is -2.34. The molecule has 0 spiro atoms. The SMILES string of the molecule is N#Cc1ccccc1NC(=O)C(=O)NC[C@@H](c1ccc2c(c1)OCO2)N1CCOCC1. The van der Waals surface area contributed by atoms with Gasteiger partial charge in [-0.3, -0.25) is 14.5 Å². The lowest BCUT2D eigenvalue weighted by Crippen LogP contribution is -2.45. The van der Waals surface area contributed by atoms with Gasteiger partial charge in [0.05, 0.1) is 30.5 Å². The minimum absolute atomic E-state index is 0.165. The zero-order chi connectivity index (χ0) is 21.6. The van der Waals surface area contributed by atoms with Crippen molar-refractivity contribution in [1.29, 1.82) is 5.26 Å². The fourth-order valence-corrected chi connectivity index (χ4v) is 3.61. The molecule has 0 radical (unpaired) electrons. The average Bonchev–Trinajstić information content (AvgIpc) is 3.28. The Bertz CT molecular complexity index is 1010. The van der Waals surface area contributed by atoms with Crippen molar-refractivity contribution < 1.29 is 23.8 Å². The highest BCUT2D eigenvalue weighted by atomic mass is 16.7. The first kappa shape index (κ1) is 20.7. The molecule has 0 unspecified atom stereocenters. The van der Waals surface area contributed by atoms with Crippen LogP contribution in [-0.2, 0) is 14.3 Å². The number of benzene rings is 2. The zero-order valence-corrected chi connectivity index (χ0v) is 16.8. The van der Waals surface area contributed by atoms with Gasteiger partial charge in [0.25, 0.3) is 0 Å². The number of hydrogen-bond donors (Lipinski definition) is 2. The summed E-state index contributed by atoms with van der Waals surface area (Å²) in [5, 5.41) is 14.4. The van der Waals surface area contributed by atoms with Gasteiger partial charge in [-0.2, -0.15) is 5.26 Å². The van der Waals surface area contributed by atoms with Gasteiger partial charge in [-0.25, -0.2) is 0 Å². The lowest BCUT2D eigenvalue weighted by atomic mass is 10.0. The molecule has 160 valence electrons. The molecule has 31 heavy (non-hydrogen) atoms. The largest absolute Gasteiger partial charge is 0.454 e. The summed E-state index contributed by atoms with van der Waals surface area (Å²) in [6.07, 6.45) is 0. The second kappa shape index (κ2) is 9.47. The van der Waals surface area contributed by atoms with Crippen LogP contribution in [0.1, 0.15) is 17.2 Å². The van der Waals surface area contributed by atoms with Crippen molar-refractivity contribution in [3.8, 4) is 17.6 Å². The third-order valence-corrected chi connectivity index (χ3v) is 5.23. The number of morpholine rings is 1. The molecule has 2 aliphatic heterocycles. The topological polar surface area (TPSA) is 113 Å². The smallest absolute Gasteiger partial charge is 0.313 e. The summed E-state index contributed by atoms with van der Waals surface area (Å²) in [7, 11) is 0. The van der Waals surface area contributed by atoms with E-state index in [2.05, 4.69) is 15.5 Å². The first-order chi connectivity index (χ1) is 15.2. The van der Waals surface area contributed by atoms with E-state index in [1.807, 2.05) is 24.3 Å². The highest BCUT2D eigenvalue weighted by molar-refractivity contribution is 6.39. The van der Waals surface area contributed by atoms with E-state index in [0.29, 0.717) is 43.5 Å². The number of carbonyl (C=O) groups excluding carboxylic acids is 2. The molecule has 9 nitrogen and oxygen atoms in total. The van der Waals surface area contributed by atoms with E-state index in [1.54, 1.807) is 24.3 Å². The molecule has 0 saturated carbocycles. The van der Waals surface area contributed by atoms with Crippen LogP contribution in [-0.4, -0.2) is 56.4 Å². The minimum Gasteiger partial charge on any atom is -0.454 e. The molecular weight excluding hydrogens is 400 g/mol. The van der Waals surface area contributed by atoms with Crippen LogP contribution in [0.2, 0.25) is 0 Å². The van der Waals surface area contributed by atoms with Crippen LogP contribution in [0.25, 0.3) is 0 Å². The third-order valence-electron chi connectivity index (χ3n) is 5.23. The Labute approximate surface area is 179 Å². The summed E-state index contributed by atoms with van der Waals surface area (Å²) >= 11 is 0. The number of ether oxygens (including phenoxy) is 3. The van der Waals surface area contributed by atoms with Gasteiger partial charge in [-0.15, -0.1) is 0 Å². The van der Waals surface area contributed by atoms with Gasteiger partial charge < -0.3 is 24.8 Å². The molecule has 2 N–H and O–H groups in total.